The molecule has 98 valence electrons. The number of aryl methyl sites for hydroxylation is 1. The fourth-order valence-corrected chi connectivity index (χ4v) is 2.32. The Labute approximate surface area is 108 Å². The van der Waals surface area contributed by atoms with Gasteiger partial charge in [0.2, 0.25) is 5.91 Å². The number of nitrogens with one attached hydrogen (secondary N) is 1. The second-order valence-corrected chi connectivity index (χ2v) is 5.14. The normalized spacial score (nSPS) is 17.0. The highest BCUT2D eigenvalue weighted by atomic mass is 16.3. The third-order valence-electron chi connectivity index (χ3n) is 3.98. The summed E-state index contributed by atoms with van der Waals surface area (Å²) in [5.74, 6) is -0.00387. The topological polar surface area (TPSA) is 49.3 Å². The summed E-state index contributed by atoms with van der Waals surface area (Å²) in [4.78, 5) is 12.0. The van der Waals surface area contributed by atoms with Crippen LogP contribution in [0.25, 0.3) is 0 Å². The predicted octanol–water partition coefficient (Wildman–Crippen LogP) is 2.03. The van der Waals surface area contributed by atoms with Crippen LogP contribution in [0.3, 0.4) is 0 Å². The van der Waals surface area contributed by atoms with E-state index in [1.165, 1.54) is 5.56 Å². The molecule has 0 aromatic heterocycles. The fourth-order valence-electron chi connectivity index (χ4n) is 2.32. The van der Waals surface area contributed by atoms with Crippen LogP contribution in [-0.2, 0) is 17.8 Å². The Balaban J connectivity index is 1.88. The maximum absolute atomic E-state index is 12.0. The Hall–Kier alpha value is -1.35. The van der Waals surface area contributed by atoms with Crippen molar-refractivity contribution in [2.24, 2.45) is 5.41 Å². The van der Waals surface area contributed by atoms with Gasteiger partial charge < -0.3 is 10.4 Å². The van der Waals surface area contributed by atoms with Crippen LogP contribution in [0.2, 0.25) is 0 Å². The maximum Gasteiger partial charge on any atom is 0.228 e. The lowest BCUT2D eigenvalue weighted by Crippen LogP contribution is -2.47. The van der Waals surface area contributed by atoms with E-state index in [-0.39, 0.29) is 12.5 Å². The van der Waals surface area contributed by atoms with Gasteiger partial charge in [-0.25, -0.2) is 0 Å². The number of benzene rings is 1. The van der Waals surface area contributed by atoms with Crippen LogP contribution >= 0.6 is 0 Å². The third kappa shape index (κ3) is 2.56. The summed E-state index contributed by atoms with van der Waals surface area (Å²) in [7, 11) is 0. The molecule has 0 aliphatic heterocycles. The number of carbonyl (C=O) groups is 1. The van der Waals surface area contributed by atoms with E-state index in [1.54, 1.807) is 0 Å². The smallest absolute Gasteiger partial charge is 0.228 e. The Morgan fingerprint density at radius 2 is 1.89 bits per heavy atom. The molecule has 2 N–H and O–H groups in total. The van der Waals surface area contributed by atoms with Gasteiger partial charge in [-0.15, -0.1) is 0 Å². The molecule has 18 heavy (non-hydrogen) atoms. The highest BCUT2D eigenvalue weighted by Gasteiger charge is 2.43. The van der Waals surface area contributed by atoms with E-state index >= 15 is 0 Å². The first-order valence-corrected chi connectivity index (χ1v) is 6.67. The van der Waals surface area contributed by atoms with E-state index in [4.69, 9.17) is 0 Å². The standard InChI is InChI=1S/C15H21NO2/c1-2-12-4-6-13(7-5-12)10-16-14(18)15(11-17)8-3-9-15/h4-7,17H,2-3,8-11H2,1H3,(H,16,18). The fraction of sp³-hybridized carbons (Fsp3) is 0.533. The van der Waals surface area contributed by atoms with Gasteiger partial charge in [-0.05, 0) is 30.4 Å². The van der Waals surface area contributed by atoms with Gasteiger partial charge in [0.25, 0.3) is 0 Å². The van der Waals surface area contributed by atoms with Crippen LogP contribution in [0.15, 0.2) is 24.3 Å². The van der Waals surface area contributed by atoms with Crippen molar-refractivity contribution < 1.29 is 9.90 Å². The molecule has 1 amide bonds. The van der Waals surface area contributed by atoms with Crippen molar-refractivity contribution in [1.82, 2.24) is 5.32 Å². The summed E-state index contributed by atoms with van der Waals surface area (Å²) in [6.07, 6.45) is 3.69. The Bertz CT molecular complexity index is 401. The monoisotopic (exact) mass is 247 g/mol. The van der Waals surface area contributed by atoms with E-state index in [9.17, 15) is 9.90 Å². The van der Waals surface area contributed by atoms with Gasteiger partial charge in [0.15, 0.2) is 0 Å². The number of rotatable bonds is 5. The van der Waals surface area contributed by atoms with Crippen molar-refractivity contribution >= 4 is 5.91 Å². The minimum absolute atomic E-state index is 0.00387. The molecule has 0 unspecified atom stereocenters. The lowest BCUT2D eigenvalue weighted by atomic mass is 9.68. The molecule has 1 aliphatic carbocycles. The van der Waals surface area contributed by atoms with Gasteiger partial charge >= 0.3 is 0 Å². The second kappa shape index (κ2) is 5.53. The van der Waals surface area contributed by atoms with Crippen LogP contribution < -0.4 is 5.32 Å². The molecule has 0 bridgehead atoms. The molecular weight excluding hydrogens is 226 g/mol. The van der Waals surface area contributed by atoms with Crippen LogP contribution in [0.4, 0.5) is 0 Å². The zero-order chi connectivity index (χ0) is 13.0. The average molecular weight is 247 g/mol. The molecule has 1 aliphatic rings. The van der Waals surface area contributed by atoms with Gasteiger partial charge in [-0.2, -0.15) is 0 Å². The number of hydrogen-bond acceptors (Lipinski definition) is 2. The first kappa shape index (κ1) is 13.1. The lowest BCUT2D eigenvalue weighted by molar-refractivity contribution is -0.139. The number of aliphatic hydroxyl groups excluding tert-OH is 1. The molecule has 0 radical (unpaired) electrons. The minimum atomic E-state index is -0.497. The minimum Gasteiger partial charge on any atom is -0.395 e. The van der Waals surface area contributed by atoms with Gasteiger partial charge in [0, 0.05) is 6.54 Å². The summed E-state index contributed by atoms with van der Waals surface area (Å²) in [5, 5.41) is 12.2. The van der Waals surface area contributed by atoms with Crippen LogP contribution in [0.1, 0.15) is 37.3 Å². The summed E-state index contributed by atoms with van der Waals surface area (Å²) in [5.41, 5.74) is 1.91. The van der Waals surface area contributed by atoms with E-state index < -0.39 is 5.41 Å². The largest absolute Gasteiger partial charge is 0.395 e. The summed E-state index contributed by atoms with van der Waals surface area (Å²) < 4.78 is 0. The van der Waals surface area contributed by atoms with E-state index in [1.807, 2.05) is 12.1 Å². The molecule has 0 saturated heterocycles. The van der Waals surface area contributed by atoms with E-state index in [0.717, 1.165) is 31.2 Å². The van der Waals surface area contributed by atoms with Crippen molar-refractivity contribution in [1.29, 1.82) is 0 Å². The highest BCUT2D eigenvalue weighted by Crippen LogP contribution is 2.40. The van der Waals surface area contributed by atoms with Crippen molar-refractivity contribution in [3.8, 4) is 0 Å². The van der Waals surface area contributed by atoms with E-state index in [0.29, 0.717) is 6.54 Å². The average Bonchev–Trinajstić information content (AvgIpc) is 2.36. The first-order chi connectivity index (χ1) is 8.70. The first-order valence-electron chi connectivity index (χ1n) is 6.67. The maximum atomic E-state index is 12.0. The SMILES string of the molecule is CCc1ccc(CNC(=O)C2(CO)CCC2)cc1. The molecule has 3 heteroatoms. The molecule has 3 nitrogen and oxygen atoms in total. The van der Waals surface area contributed by atoms with Gasteiger partial charge in [0.05, 0.1) is 12.0 Å². The molecule has 0 heterocycles. The molecule has 2 rings (SSSR count). The predicted molar refractivity (Wildman–Crippen MR) is 71.0 cm³/mol. The number of aliphatic hydroxyl groups is 1. The van der Waals surface area contributed by atoms with E-state index in [2.05, 4.69) is 24.4 Å². The molecule has 0 spiro atoms. The Kier molecular flexibility index (Phi) is 4.02. The van der Waals surface area contributed by atoms with Crippen LogP contribution in [-0.4, -0.2) is 17.6 Å². The zero-order valence-corrected chi connectivity index (χ0v) is 10.9. The van der Waals surface area contributed by atoms with Crippen molar-refractivity contribution in [3.63, 3.8) is 0 Å². The number of amides is 1. The molecule has 0 atom stereocenters. The molecule has 1 saturated carbocycles. The lowest BCUT2D eigenvalue weighted by Gasteiger charge is -2.38. The zero-order valence-electron chi connectivity index (χ0n) is 10.9. The van der Waals surface area contributed by atoms with Gasteiger partial charge in [-0.1, -0.05) is 37.6 Å². The van der Waals surface area contributed by atoms with Crippen molar-refractivity contribution in [2.75, 3.05) is 6.61 Å². The highest BCUT2D eigenvalue weighted by molar-refractivity contribution is 5.83. The van der Waals surface area contributed by atoms with Gasteiger partial charge in [0.1, 0.15) is 0 Å². The third-order valence-corrected chi connectivity index (χ3v) is 3.98. The van der Waals surface area contributed by atoms with Crippen molar-refractivity contribution in [3.05, 3.63) is 35.4 Å². The summed E-state index contributed by atoms with van der Waals surface area (Å²) >= 11 is 0. The van der Waals surface area contributed by atoms with Gasteiger partial charge in [-0.3, -0.25) is 4.79 Å². The summed E-state index contributed by atoms with van der Waals surface area (Å²) in [6, 6.07) is 8.27. The number of carbonyl (C=O) groups excluding carboxylic acids is 1. The molecule has 1 aromatic rings. The second-order valence-electron chi connectivity index (χ2n) is 5.14. The molecule has 1 aromatic carbocycles. The summed E-state index contributed by atoms with van der Waals surface area (Å²) in [6.45, 7) is 2.64. The Morgan fingerprint density at radius 3 is 2.33 bits per heavy atom. The quantitative estimate of drug-likeness (QED) is 0.836. The number of hydrogen-bond donors (Lipinski definition) is 2. The Morgan fingerprint density at radius 1 is 1.28 bits per heavy atom. The van der Waals surface area contributed by atoms with Crippen LogP contribution in [0.5, 0.6) is 0 Å². The van der Waals surface area contributed by atoms with Crippen molar-refractivity contribution in [2.45, 2.75) is 39.2 Å². The van der Waals surface area contributed by atoms with Crippen LogP contribution in [0, 0.1) is 5.41 Å². The molecular formula is C15H21NO2. The molecule has 1 fully saturated rings.